The molecule has 0 saturated heterocycles. The number of carbonyl (C=O) groups excluding carboxylic acids is 2. The van der Waals surface area contributed by atoms with Crippen LogP contribution < -0.4 is 5.32 Å². The van der Waals surface area contributed by atoms with Gasteiger partial charge in [-0.3, -0.25) is 14.9 Å². The molecule has 0 aliphatic rings. The highest BCUT2D eigenvalue weighted by molar-refractivity contribution is 6.17. The van der Waals surface area contributed by atoms with Gasteiger partial charge in [0, 0.05) is 23.5 Å². The van der Waals surface area contributed by atoms with Gasteiger partial charge in [0.15, 0.2) is 0 Å². The predicted molar refractivity (Wildman–Crippen MR) is 72.7 cm³/mol. The molecule has 0 aliphatic heterocycles. The first-order chi connectivity index (χ1) is 10.0. The molecular formula is C11H11N7O3. The molecule has 0 bridgehead atoms. The Bertz CT molecular complexity index is 628. The van der Waals surface area contributed by atoms with Crippen LogP contribution in [0.4, 0.5) is 5.95 Å². The summed E-state index contributed by atoms with van der Waals surface area (Å²) in [5.74, 6) is -1.94. The van der Waals surface area contributed by atoms with Crippen molar-refractivity contribution in [2.45, 2.75) is 6.92 Å². The number of hydrogen-bond acceptors (Lipinski definition) is 7. The first-order valence-electron chi connectivity index (χ1n) is 5.60. The van der Waals surface area contributed by atoms with Gasteiger partial charge in [-0.2, -0.15) is 0 Å². The van der Waals surface area contributed by atoms with Crippen molar-refractivity contribution in [3.63, 3.8) is 0 Å². The van der Waals surface area contributed by atoms with Gasteiger partial charge in [0.2, 0.25) is 11.9 Å². The second-order valence-corrected chi connectivity index (χ2v) is 3.57. The van der Waals surface area contributed by atoms with Crippen LogP contribution in [0.2, 0.25) is 0 Å². The number of aromatic nitrogens is 2. The Hall–Kier alpha value is -3.26. The van der Waals surface area contributed by atoms with Gasteiger partial charge in [0.05, 0.1) is 5.57 Å². The summed E-state index contributed by atoms with van der Waals surface area (Å²) in [6.45, 7) is 0.726. The van der Waals surface area contributed by atoms with E-state index in [1.54, 1.807) is 6.07 Å². The standard InChI is InChI=1S/C11H11N7O3/c1-7(19)8(5-15-11-13-3-2-4-14-11)10(21)17-9(20)6-16-18-12/h2-5,19H,6H2,1H3,(H,17,20,21)/b8-7-,15-5+. The second-order valence-electron chi connectivity index (χ2n) is 3.57. The molecule has 1 aromatic rings. The molecule has 21 heavy (non-hydrogen) atoms. The van der Waals surface area contributed by atoms with E-state index in [1.165, 1.54) is 19.3 Å². The van der Waals surface area contributed by atoms with E-state index in [2.05, 4.69) is 25.0 Å². The Kier molecular flexibility index (Phi) is 6.03. The van der Waals surface area contributed by atoms with Crippen LogP contribution in [0.15, 0.2) is 39.9 Å². The highest BCUT2D eigenvalue weighted by atomic mass is 16.3. The van der Waals surface area contributed by atoms with Gasteiger partial charge >= 0.3 is 0 Å². The number of carbonyl (C=O) groups is 2. The minimum atomic E-state index is -0.882. The van der Waals surface area contributed by atoms with Crippen LogP contribution in [0, 0.1) is 0 Å². The summed E-state index contributed by atoms with van der Waals surface area (Å²) in [5, 5.41) is 14.4. The van der Waals surface area contributed by atoms with Crippen LogP contribution in [0.25, 0.3) is 10.4 Å². The Morgan fingerprint density at radius 1 is 1.48 bits per heavy atom. The smallest absolute Gasteiger partial charge is 0.262 e. The summed E-state index contributed by atoms with van der Waals surface area (Å²) in [6, 6.07) is 1.59. The third-order valence-corrected chi connectivity index (χ3v) is 2.03. The molecule has 0 atom stereocenters. The number of rotatable bonds is 5. The summed E-state index contributed by atoms with van der Waals surface area (Å²) < 4.78 is 0. The maximum atomic E-state index is 11.8. The van der Waals surface area contributed by atoms with Crippen molar-refractivity contribution in [3.05, 3.63) is 40.2 Å². The van der Waals surface area contributed by atoms with Crippen LogP contribution >= 0.6 is 0 Å². The fourth-order valence-electron chi connectivity index (χ4n) is 1.13. The van der Waals surface area contributed by atoms with Crippen molar-refractivity contribution in [1.82, 2.24) is 15.3 Å². The molecule has 1 heterocycles. The van der Waals surface area contributed by atoms with E-state index >= 15 is 0 Å². The summed E-state index contributed by atoms with van der Waals surface area (Å²) >= 11 is 0. The van der Waals surface area contributed by atoms with Crippen molar-refractivity contribution in [3.8, 4) is 0 Å². The number of aliphatic imine (C=N–C) groups is 1. The third-order valence-electron chi connectivity index (χ3n) is 2.03. The lowest BCUT2D eigenvalue weighted by atomic mass is 10.2. The topological polar surface area (TPSA) is 153 Å². The molecule has 2 N–H and O–H groups in total. The van der Waals surface area contributed by atoms with E-state index in [9.17, 15) is 14.7 Å². The molecule has 0 aliphatic carbocycles. The highest BCUT2D eigenvalue weighted by Crippen LogP contribution is 2.03. The van der Waals surface area contributed by atoms with Gasteiger partial charge in [-0.25, -0.2) is 15.0 Å². The molecular weight excluding hydrogens is 278 g/mol. The molecule has 10 heteroatoms. The van der Waals surface area contributed by atoms with E-state index in [4.69, 9.17) is 5.53 Å². The summed E-state index contributed by atoms with van der Waals surface area (Å²) in [4.78, 5) is 36.8. The van der Waals surface area contributed by atoms with Crippen molar-refractivity contribution in [2.75, 3.05) is 6.54 Å². The summed E-state index contributed by atoms with van der Waals surface area (Å²) in [5.41, 5.74) is 7.83. The molecule has 1 aromatic heterocycles. The number of aliphatic hydroxyl groups is 1. The fourth-order valence-corrected chi connectivity index (χ4v) is 1.13. The zero-order valence-electron chi connectivity index (χ0n) is 11.0. The number of nitrogens with one attached hydrogen (secondary N) is 1. The minimum Gasteiger partial charge on any atom is -0.512 e. The van der Waals surface area contributed by atoms with Gasteiger partial charge in [-0.05, 0) is 18.5 Å². The molecule has 0 unspecified atom stereocenters. The molecule has 0 aromatic carbocycles. The number of aliphatic hydroxyl groups excluding tert-OH is 1. The van der Waals surface area contributed by atoms with Crippen LogP contribution in [-0.4, -0.2) is 39.6 Å². The average Bonchev–Trinajstić information content (AvgIpc) is 2.46. The van der Waals surface area contributed by atoms with E-state index in [-0.39, 0.29) is 17.3 Å². The monoisotopic (exact) mass is 289 g/mol. The number of amides is 2. The lowest BCUT2D eigenvalue weighted by molar-refractivity contribution is -0.127. The van der Waals surface area contributed by atoms with E-state index in [0.29, 0.717) is 0 Å². The largest absolute Gasteiger partial charge is 0.512 e. The second kappa shape index (κ2) is 8.02. The predicted octanol–water partition coefficient (Wildman–Crippen LogP) is 0.964. The van der Waals surface area contributed by atoms with E-state index in [0.717, 1.165) is 6.21 Å². The first kappa shape index (κ1) is 15.8. The highest BCUT2D eigenvalue weighted by Gasteiger charge is 2.14. The number of hydrogen-bond donors (Lipinski definition) is 2. The number of imide groups is 1. The summed E-state index contributed by atoms with van der Waals surface area (Å²) in [6.07, 6.45) is 3.94. The number of azide groups is 1. The normalized spacial score (nSPS) is 11.5. The number of allylic oxidation sites excluding steroid dienone is 1. The fraction of sp³-hybridized carbons (Fsp3) is 0.182. The van der Waals surface area contributed by atoms with Crippen molar-refractivity contribution < 1.29 is 14.7 Å². The molecule has 0 fully saturated rings. The van der Waals surface area contributed by atoms with Crippen molar-refractivity contribution in [1.29, 1.82) is 0 Å². The summed E-state index contributed by atoms with van der Waals surface area (Å²) in [7, 11) is 0. The van der Waals surface area contributed by atoms with Gasteiger partial charge < -0.3 is 5.11 Å². The van der Waals surface area contributed by atoms with Gasteiger partial charge in [-0.15, -0.1) is 0 Å². The van der Waals surface area contributed by atoms with Crippen LogP contribution in [0.5, 0.6) is 0 Å². The maximum absolute atomic E-state index is 11.8. The Balaban J connectivity index is 2.81. The lowest BCUT2D eigenvalue weighted by Crippen LogP contribution is -2.34. The van der Waals surface area contributed by atoms with Crippen LogP contribution in [0.1, 0.15) is 6.92 Å². The minimum absolute atomic E-state index is 0.0875. The molecule has 0 radical (unpaired) electrons. The van der Waals surface area contributed by atoms with E-state index < -0.39 is 18.4 Å². The SMILES string of the molecule is C/C(O)=C(\C=N\c1ncccn1)C(=O)NC(=O)CN=[N+]=[N-]. The third kappa shape index (κ3) is 5.49. The van der Waals surface area contributed by atoms with Gasteiger partial charge in [-0.1, -0.05) is 5.11 Å². The zero-order valence-corrected chi connectivity index (χ0v) is 11.0. The average molecular weight is 289 g/mol. The lowest BCUT2D eigenvalue weighted by Gasteiger charge is -2.03. The Labute approximate surface area is 118 Å². The molecule has 0 saturated carbocycles. The van der Waals surface area contributed by atoms with Crippen molar-refractivity contribution in [2.24, 2.45) is 10.1 Å². The van der Waals surface area contributed by atoms with Gasteiger partial charge in [0.25, 0.3) is 5.91 Å². The zero-order chi connectivity index (χ0) is 15.7. The maximum Gasteiger partial charge on any atom is 0.262 e. The molecule has 1 rings (SSSR count). The molecule has 108 valence electrons. The van der Waals surface area contributed by atoms with Gasteiger partial charge in [0.1, 0.15) is 12.3 Å². The Morgan fingerprint density at radius 2 is 2.14 bits per heavy atom. The van der Waals surface area contributed by atoms with Crippen molar-refractivity contribution >= 4 is 24.0 Å². The molecule has 10 nitrogen and oxygen atoms in total. The number of nitrogens with zero attached hydrogens (tertiary/aromatic N) is 6. The first-order valence-corrected chi connectivity index (χ1v) is 5.60. The quantitative estimate of drug-likeness (QED) is 0.206. The van der Waals surface area contributed by atoms with E-state index in [1.807, 2.05) is 5.32 Å². The molecule has 0 spiro atoms. The van der Waals surface area contributed by atoms with Crippen LogP contribution in [-0.2, 0) is 9.59 Å². The molecule has 2 amide bonds. The van der Waals surface area contributed by atoms with Crippen LogP contribution in [0.3, 0.4) is 0 Å². The Morgan fingerprint density at radius 3 is 2.71 bits per heavy atom.